The van der Waals surface area contributed by atoms with Gasteiger partial charge >= 0.3 is 5.97 Å². The van der Waals surface area contributed by atoms with Crippen LogP contribution in [0.2, 0.25) is 0 Å². The molecule has 9 nitrogen and oxygen atoms in total. The molecule has 0 aliphatic carbocycles. The molecule has 2 unspecified atom stereocenters. The van der Waals surface area contributed by atoms with Gasteiger partial charge in [-0.25, -0.2) is 0 Å². The number of nitrogens with zero attached hydrogens (tertiary/aromatic N) is 2. The Bertz CT molecular complexity index is 314. The van der Waals surface area contributed by atoms with Crippen molar-refractivity contribution in [3.05, 3.63) is 32.4 Å². The number of carboxylic acid groups (broad SMARTS) is 1. The van der Waals surface area contributed by atoms with E-state index in [4.69, 9.17) is 5.11 Å². The maximum atomic E-state index is 10.4. The molecule has 0 radical (unpaired) electrons. The van der Waals surface area contributed by atoms with Gasteiger partial charge in [-0.15, -0.1) is 10.1 Å². The second-order valence-corrected chi connectivity index (χ2v) is 2.87. The standard InChI is InChI=1S/C7H10N2O7/c1-5(16-9(14)15)2-3-6(8(12)13)4-7(10)11/h2-3,5-6H,4H2,1H3,(H,10,11)/b3-2+. The predicted octanol–water partition coefficient (Wildman–Crippen LogP) is 0.259. The van der Waals surface area contributed by atoms with Gasteiger partial charge in [0.1, 0.15) is 12.5 Å². The minimum Gasteiger partial charge on any atom is -0.481 e. The summed E-state index contributed by atoms with van der Waals surface area (Å²) in [4.78, 5) is 33.8. The summed E-state index contributed by atoms with van der Waals surface area (Å²) in [7, 11) is 0. The molecule has 0 aliphatic rings. The highest BCUT2D eigenvalue weighted by Gasteiger charge is 2.20. The molecule has 2 atom stereocenters. The first-order valence-corrected chi connectivity index (χ1v) is 4.17. The van der Waals surface area contributed by atoms with Gasteiger partial charge in [0.2, 0.25) is 6.04 Å². The number of rotatable bonds is 7. The Kier molecular flexibility index (Phi) is 5.46. The van der Waals surface area contributed by atoms with Crippen LogP contribution >= 0.6 is 0 Å². The Hall–Kier alpha value is -2.19. The van der Waals surface area contributed by atoms with Crippen molar-refractivity contribution >= 4 is 5.97 Å². The Balaban J connectivity index is 4.38. The largest absolute Gasteiger partial charge is 0.481 e. The summed E-state index contributed by atoms with van der Waals surface area (Å²) in [6.45, 7) is 1.30. The average Bonchev–Trinajstić information content (AvgIpc) is 2.09. The molecule has 0 aromatic heterocycles. The number of aliphatic carboxylic acids is 1. The number of hydrogen-bond acceptors (Lipinski definition) is 6. The van der Waals surface area contributed by atoms with Crippen molar-refractivity contribution in [1.82, 2.24) is 0 Å². The first-order chi connectivity index (χ1) is 7.32. The van der Waals surface area contributed by atoms with Crippen LogP contribution < -0.4 is 0 Å². The number of hydrogen-bond donors (Lipinski definition) is 1. The number of nitro groups is 1. The quantitative estimate of drug-likeness (QED) is 0.379. The van der Waals surface area contributed by atoms with Gasteiger partial charge in [0, 0.05) is 4.92 Å². The van der Waals surface area contributed by atoms with Gasteiger partial charge < -0.3 is 9.94 Å². The van der Waals surface area contributed by atoms with E-state index in [1.807, 2.05) is 0 Å². The smallest absolute Gasteiger partial charge is 0.310 e. The summed E-state index contributed by atoms with van der Waals surface area (Å²) in [6.07, 6.45) is 0.377. The van der Waals surface area contributed by atoms with Crippen LogP contribution in [0.3, 0.4) is 0 Å². The topological polar surface area (TPSA) is 133 Å². The molecular formula is C7H10N2O7. The Morgan fingerprint density at radius 3 is 2.38 bits per heavy atom. The molecular weight excluding hydrogens is 224 g/mol. The van der Waals surface area contributed by atoms with Crippen LogP contribution in [-0.2, 0) is 9.63 Å². The van der Waals surface area contributed by atoms with E-state index >= 15 is 0 Å². The van der Waals surface area contributed by atoms with E-state index in [0.717, 1.165) is 12.2 Å². The van der Waals surface area contributed by atoms with Crippen LogP contribution in [0, 0.1) is 20.2 Å². The summed E-state index contributed by atoms with van der Waals surface area (Å²) in [5, 5.41) is 27.6. The minimum atomic E-state index is -1.42. The molecule has 1 N–H and O–H groups in total. The Labute approximate surface area is 89.6 Å². The summed E-state index contributed by atoms with van der Waals surface area (Å²) in [5.41, 5.74) is 0. The van der Waals surface area contributed by atoms with Gasteiger partial charge in [0.05, 0.1) is 0 Å². The number of carbonyl (C=O) groups is 1. The summed E-state index contributed by atoms with van der Waals surface area (Å²) < 4.78 is 0. The minimum absolute atomic E-state index is 0.686. The van der Waals surface area contributed by atoms with E-state index in [-0.39, 0.29) is 0 Å². The normalized spacial score (nSPS) is 14.3. The van der Waals surface area contributed by atoms with Crippen molar-refractivity contribution in [1.29, 1.82) is 0 Å². The molecule has 9 heteroatoms. The van der Waals surface area contributed by atoms with Crippen LogP contribution in [0.4, 0.5) is 0 Å². The van der Waals surface area contributed by atoms with Crippen LogP contribution in [0.5, 0.6) is 0 Å². The van der Waals surface area contributed by atoms with E-state index in [2.05, 4.69) is 4.84 Å². The molecule has 0 saturated heterocycles. The molecule has 0 saturated carbocycles. The first-order valence-electron chi connectivity index (χ1n) is 4.17. The molecule has 0 fully saturated rings. The third-order valence-corrected chi connectivity index (χ3v) is 1.51. The SMILES string of the molecule is CC(/C=C/C(CC(=O)O)[N+](=O)[O-])O[N+](=O)[O-]. The highest BCUT2D eigenvalue weighted by Crippen LogP contribution is 2.02. The molecule has 0 spiro atoms. The van der Waals surface area contributed by atoms with E-state index < -0.39 is 34.5 Å². The second-order valence-electron chi connectivity index (χ2n) is 2.87. The van der Waals surface area contributed by atoms with E-state index in [9.17, 15) is 25.0 Å². The van der Waals surface area contributed by atoms with Gasteiger partial charge in [-0.05, 0) is 13.0 Å². The zero-order chi connectivity index (χ0) is 12.7. The summed E-state index contributed by atoms with van der Waals surface area (Å²) >= 11 is 0. The third-order valence-electron chi connectivity index (χ3n) is 1.51. The maximum absolute atomic E-state index is 10.4. The maximum Gasteiger partial charge on any atom is 0.310 e. The van der Waals surface area contributed by atoms with Crippen LogP contribution in [0.15, 0.2) is 12.2 Å². The third kappa shape index (κ3) is 6.29. The lowest BCUT2D eigenvalue weighted by Crippen LogP contribution is -2.21. The van der Waals surface area contributed by atoms with E-state index in [0.29, 0.717) is 0 Å². The van der Waals surface area contributed by atoms with Gasteiger partial charge in [0.15, 0.2) is 0 Å². The molecule has 0 aromatic rings. The van der Waals surface area contributed by atoms with E-state index in [1.54, 1.807) is 0 Å². The van der Waals surface area contributed by atoms with Gasteiger partial charge in [0.25, 0.3) is 5.09 Å². The van der Waals surface area contributed by atoms with Gasteiger partial charge in [-0.3, -0.25) is 14.9 Å². The first kappa shape index (κ1) is 13.8. The predicted molar refractivity (Wildman–Crippen MR) is 49.7 cm³/mol. The zero-order valence-corrected chi connectivity index (χ0v) is 8.31. The van der Waals surface area contributed by atoms with Crippen LogP contribution in [0.25, 0.3) is 0 Å². The zero-order valence-electron chi connectivity index (χ0n) is 8.31. The molecule has 90 valence electrons. The number of carboxylic acids is 1. The van der Waals surface area contributed by atoms with Crippen molar-refractivity contribution in [2.75, 3.05) is 0 Å². The molecule has 0 bridgehead atoms. The van der Waals surface area contributed by atoms with E-state index in [1.165, 1.54) is 6.92 Å². The summed E-state index contributed by atoms with van der Waals surface area (Å²) in [5.74, 6) is -1.32. The Morgan fingerprint density at radius 2 is 2.00 bits per heavy atom. The molecule has 0 rings (SSSR count). The van der Waals surface area contributed by atoms with Crippen molar-refractivity contribution in [2.24, 2.45) is 0 Å². The fourth-order valence-electron chi connectivity index (χ4n) is 0.847. The lowest BCUT2D eigenvalue weighted by Gasteiger charge is -2.04. The molecule has 16 heavy (non-hydrogen) atoms. The molecule has 0 aliphatic heterocycles. The lowest BCUT2D eigenvalue weighted by molar-refractivity contribution is -0.764. The van der Waals surface area contributed by atoms with Crippen molar-refractivity contribution in [2.45, 2.75) is 25.5 Å². The van der Waals surface area contributed by atoms with Crippen molar-refractivity contribution < 1.29 is 24.7 Å². The van der Waals surface area contributed by atoms with Crippen molar-refractivity contribution in [3.63, 3.8) is 0 Å². The van der Waals surface area contributed by atoms with Crippen LogP contribution in [-0.4, -0.2) is 33.2 Å². The molecule has 0 aromatic carbocycles. The monoisotopic (exact) mass is 234 g/mol. The molecule has 0 heterocycles. The fourth-order valence-corrected chi connectivity index (χ4v) is 0.847. The molecule has 0 amide bonds. The lowest BCUT2D eigenvalue weighted by atomic mass is 10.2. The van der Waals surface area contributed by atoms with Crippen molar-refractivity contribution in [3.8, 4) is 0 Å². The highest BCUT2D eigenvalue weighted by atomic mass is 17.0. The van der Waals surface area contributed by atoms with Crippen LogP contribution in [0.1, 0.15) is 13.3 Å². The average molecular weight is 234 g/mol. The highest BCUT2D eigenvalue weighted by molar-refractivity contribution is 5.67. The fraction of sp³-hybridized carbons (Fsp3) is 0.571. The second kappa shape index (κ2) is 6.32. The summed E-state index contributed by atoms with van der Waals surface area (Å²) in [6, 6.07) is -1.42. The Morgan fingerprint density at radius 1 is 1.44 bits per heavy atom. The van der Waals surface area contributed by atoms with Gasteiger partial charge in [-0.2, -0.15) is 0 Å². The van der Waals surface area contributed by atoms with Gasteiger partial charge in [-0.1, -0.05) is 6.08 Å².